The number of aliphatic hydroxyl groups is 2. The van der Waals surface area contributed by atoms with E-state index in [0.717, 1.165) is 22.3 Å². The number of hydrogen-bond acceptors (Lipinski definition) is 5. The maximum atomic E-state index is 12.3. The molecule has 3 aromatic rings. The number of rotatable bonds is 7. The van der Waals surface area contributed by atoms with Gasteiger partial charge in [-0.2, -0.15) is 0 Å². The quantitative estimate of drug-likeness (QED) is 0.497. The molecular formula is C25H24ClNO5. The second-order valence-corrected chi connectivity index (χ2v) is 8.04. The molecule has 3 aromatic carbocycles. The van der Waals surface area contributed by atoms with Gasteiger partial charge in [0.05, 0.1) is 7.11 Å². The molecule has 6 nitrogen and oxygen atoms in total. The minimum Gasteiger partial charge on any atom is -0.496 e. The molecule has 0 bridgehead atoms. The molecular weight excluding hydrogens is 430 g/mol. The summed E-state index contributed by atoms with van der Waals surface area (Å²) in [7, 11) is 1.46. The Balaban J connectivity index is 1.36. The highest BCUT2D eigenvalue weighted by atomic mass is 35.5. The van der Waals surface area contributed by atoms with E-state index in [1.807, 2.05) is 36.4 Å². The van der Waals surface area contributed by atoms with Crippen LogP contribution in [0.2, 0.25) is 5.02 Å². The Morgan fingerprint density at radius 1 is 1.03 bits per heavy atom. The van der Waals surface area contributed by atoms with E-state index in [9.17, 15) is 15.0 Å². The van der Waals surface area contributed by atoms with Crippen molar-refractivity contribution in [3.05, 3.63) is 88.4 Å². The van der Waals surface area contributed by atoms with Crippen LogP contribution < -0.4 is 10.1 Å². The van der Waals surface area contributed by atoms with E-state index >= 15 is 0 Å². The number of hydrogen-bond donors (Lipinski definition) is 3. The fourth-order valence-corrected chi connectivity index (χ4v) is 4.27. The van der Waals surface area contributed by atoms with Crippen molar-refractivity contribution in [2.75, 3.05) is 20.3 Å². The Kier molecular flexibility index (Phi) is 6.65. The van der Waals surface area contributed by atoms with Crippen LogP contribution in [0.4, 0.5) is 4.79 Å². The van der Waals surface area contributed by atoms with Gasteiger partial charge in [-0.1, -0.05) is 60.1 Å². The SMILES string of the molecule is COc1ccc(Cl)cc1C(O)C(O)CNC(=O)OCC1c2ccccc2-c2ccccc21. The van der Waals surface area contributed by atoms with Gasteiger partial charge in [0.2, 0.25) is 0 Å². The van der Waals surface area contributed by atoms with Crippen LogP contribution in [0.3, 0.4) is 0 Å². The van der Waals surface area contributed by atoms with E-state index in [0.29, 0.717) is 16.3 Å². The molecule has 2 atom stereocenters. The topological polar surface area (TPSA) is 88.0 Å². The number of aliphatic hydroxyl groups excluding tert-OH is 2. The van der Waals surface area contributed by atoms with Crippen LogP contribution in [0.25, 0.3) is 11.1 Å². The van der Waals surface area contributed by atoms with Gasteiger partial charge in [-0.25, -0.2) is 4.79 Å². The summed E-state index contributed by atoms with van der Waals surface area (Å²) in [5.74, 6) is 0.335. The van der Waals surface area contributed by atoms with Crippen LogP contribution in [0.15, 0.2) is 66.7 Å². The molecule has 0 saturated heterocycles. The van der Waals surface area contributed by atoms with E-state index in [2.05, 4.69) is 17.4 Å². The summed E-state index contributed by atoms with van der Waals surface area (Å²) in [5, 5.41) is 23.7. The highest BCUT2D eigenvalue weighted by molar-refractivity contribution is 6.30. The Bertz CT molecular complexity index is 1070. The molecule has 0 saturated carbocycles. The zero-order valence-electron chi connectivity index (χ0n) is 17.5. The van der Waals surface area contributed by atoms with E-state index in [-0.39, 0.29) is 19.1 Å². The third kappa shape index (κ3) is 4.43. The number of carbonyl (C=O) groups excluding carboxylic acids is 1. The molecule has 0 aliphatic heterocycles. The maximum absolute atomic E-state index is 12.3. The predicted octanol–water partition coefficient (Wildman–Crippen LogP) is 4.28. The van der Waals surface area contributed by atoms with Crippen molar-refractivity contribution >= 4 is 17.7 Å². The van der Waals surface area contributed by atoms with Gasteiger partial charge >= 0.3 is 6.09 Å². The van der Waals surface area contributed by atoms with Gasteiger partial charge in [0, 0.05) is 23.0 Å². The summed E-state index contributed by atoms with van der Waals surface area (Å²) in [4.78, 5) is 12.3. The third-order valence-corrected chi connectivity index (χ3v) is 5.91. The molecule has 1 aliphatic rings. The number of halogens is 1. The zero-order valence-corrected chi connectivity index (χ0v) is 18.3. The van der Waals surface area contributed by atoms with Crippen LogP contribution in [0.5, 0.6) is 5.75 Å². The lowest BCUT2D eigenvalue weighted by molar-refractivity contribution is 0.0172. The highest BCUT2D eigenvalue weighted by Crippen LogP contribution is 2.44. The van der Waals surface area contributed by atoms with Crippen molar-refractivity contribution < 1.29 is 24.5 Å². The summed E-state index contributed by atoms with van der Waals surface area (Å²) in [5.41, 5.74) is 4.86. The van der Waals surface area contributed by atoms with Crippen LogP contribution in [-0.2, 0) is 4.74 Å². The lowest BCUT2D eigenvalue weighted by Crippen LogP contribution is -2.36. The molecule has 1 amide bonds. The Hall–Kier alpha value is -3.06. The number of ether oxygens (including phenoxy) is 2. The number of alkyl carbamates (subject to hydrolysis) is 1. The maximum Gasteiger partial charge on any atom is 0.407 e. The Morgan fingerprint density at radius 2 is 1.66 bits per heavy atom. The molecule has 0 heterocycles. The number of amides is 1. The van der Waals surface area contributed by atoms with E-state index in [1.165, 1.54) is 13.2 Å². The minimum absolute atomic E-state index is 0.0561. The summed E-state index contributed by atoms with van der Waals surface area (Å²) in [6, 6.07) is 20.9. The molecule has 0 aromatic heterocycles. The van der Waals surface area contributed by atoms with E-state index < -0.39 is 18.3 Å². The normalized spacial score (nSPS) is 14.2. The fraction of sp³-hybridized carbons (Fsp3) is 0.240. The lowest BCUT2D eigenvalue weighted by Gasteiger charge is -2.21. The first kappa shape index (κ1) is 22.1. The van der Waals surface area contributed by atoms with Gasteiger partial charge < -0.3 is 25.0 Å². The summed E-state index contributed by atoms with van der Waals surface area (Å²) in [6.07, 6.45) is -3.24. The number of carbonyl (C=O) groups is 1. The summed E-state index contributed by atoms with van der Waals surface area (Å²) in [6.45, 7) is -0.0336. The monoisotopic (exact) mass is 453 g/mol. The van der Waals surface area contributed by atoms with Gasteiger partial charge in [-0.15, -0.1) is 0 Å². The molecule has 4 rings (SSSR count). The van der Waals surface area contributed by atoms with Crippen LogP contribution in [0, 0.1) is 0 Å². The average Bonchev–Trinajstić information content (AvgIpc) is 3.14. The van der Waals surface area contributed by atoms with Crippen molar-refractivity contribution in [1.82, 2.24) is 5.32 Å². The lowest BCUT2D eigenvalue weighted by atomic mass is 9.98. The first-order valence-electron chi connectivity index (χ1n) is 10.3. The smallest absolute Gasteiger partial charge is 0.407 e. The van der Waals surface area contributed by atoms with Crippen molar-refractivity contribution in [2.24, 2.45) is 0 Å². The first-order chi connectivity index (χ1) is 15.5. The third-order valence-electron chi connectivity index (χ3n) is 5.67. The molecule has 3 N–H and O–H groups in total. The van der Waals surface area contributed by atoms with Crippen molar-refractivity contribution in [3.63, 3.8) is 0 Å². The van der Waals surface area contributed by atoms with Crippen molar-refractivity contribution in [3.8, 4) is 16.9 Å². The van der Waals surface area contributed by atoms with Gasteiger partial charge in [0.1, 0.15) is 24.6 Å². The number of benzene rings is 3. The summed E-state index contributed by atoms with van der Waals surface area (Å²) < 4.78 is 10.7. The largest absolute Gasteiger partial charge is 0.496 e. The van der Waals surface area contributed by atoms with Crippen LogP contribution in [-0.4, -0.2) is 42.7 Å². The van der Waals surface area contributed by atoms with Gasteiger partial charge in [-0.3, -0.25) is 0 Å². The number of nitrogens with one attached hydrogen (secondary N) is 1. The van der Waals surface area contributed by atoms with Crippen molar-refractivity contribution in [2.45, 2.75) is 18.1 Å². The molecule has 0 radical (unpaired) electrons. The fourth-order valence-electron chi connectivity index (χ4n) is 4.09. The average molecular weight is 454 g/mol. The molecule has 1 aliphatic carbocycles. The zero-order chi connectivity index (χ0) is 22.7. The standard InChI is InChI=1S/C25H24ClNO5/c1-31-23-11-10-15(26)12-20(23)24(29)22(28)13-27-25(30)32-14-21-18-8-4-2-6-16(18)17-7-3-5-9-19(17)21/h2-12,21-22,24,28-29H,13-14H2,1H3,(H,27,30). The van der Waals surface area contributed by atoms with Gasteiger partial charge in [0.15, 0.2) is 0 Å². The molecule has 0 fully saturated rings. The first-order valence-corrected chi connectivity index (χ1v) is 10.7. The molecule has 0 spiro atoms. The Morgan fingerprint density at radius 3 is 2.28 bits per heavy atom. The number of fused-ring (bicyclic) bond motifs is 3. The second kappa shape index (κ2) is 9.61. The molecule has 7 heteroatoms. The second-order valence-electron chi connectivity index (χ2n) is 7.60. The minimum atomic E-state index is -1.29. The number of methoxy groups -OCH3 is 1. The van der Waals surface area contributed by atoms with Crippen LogP contribution >= 0.6 is 11.6 Å². The van der Waals surface area contributed by atoms with Gasteiger partial charge in [0.25, 0.3) is 0 Å². The van der Waals surface area contributed by atoms with E-state index in [1.54, 1.807) is 12.1 Å². The highest BCUT2D eigenvalue weighted by Gasteiger charge is 2.29. The van der Waals surface area contributed by atoms with Crippen molar-refractivity contribution in [1.29, 1.82) is 0 Å². The Labute approximate surface area is 191 Å². The molecule has 166 valence electrons. The molecule has 2 unspecified atom stereocenters. The summed E-state index contributed by atoms with van der Waals surface area (Å²) >= 11 is 5.99. The molecule has 32 heavy (non-hydrogen) atoms. The van der Waals surface area contributed by atoms with Gasteiger partial charge in [-0.05, 0) is 40.5 Å². The predicted molar refractivity (Wildman–Crippen MR) is 122 cm³/mol. The van der Waals surface area contributed by atoms with Crippen LogP contribution in [0.1, 0.15) is 28.7 Å². The van der Waals surface area contributed by atoms with E-state index in [4.69, 9.17) is 21.1 Å².